The van der Waals surface area contributed by atoms with E-state index >= 15 is 0 Å². The van der Waals surface area contributed by atoms with Crippen LogP contribution >= 0.6 is 0 Å². The summed E-state index contributed by atoms with van der Waals surface area (Å²) < 4.78 is 35.8. The Morgan fingerprint density at radius 2 is 1.71 bits per heavy atom. The van der Waals surface area contributed by atoms with Crippen molar-refractivity contribution in [3.8, 4) is 0 Å². The zero-order chi connectivity index (χ0) is 15.5. The van der Waals surface area contributed by atoms with Gasteiger partial charge in [0, 0.05) is 25.0 Å². The second-order valence-corrected chi connectivity index (χ2v) is 5.66. The molecule has 2 N–H and O–H groups in total. The first-order valence-electron chi connectivity index (χ1n) is 7.21. The topological polar surface area (TPSA) is 61.4 Å². The Balaban J connectivity index is 1.61. The second-order valence-electron chi connectivity index (χ2n) is 5.66. The van der Waals surface area contributed by atoms with Crippen LogP contribution in [0.3, 0.4) is 0 Å². The van der Waals surface area contributed by atoms with Gasteiger partial charge in [-0.05, 0) is 25.7 Å². The number of amides is 2. The molecule has 0 spiro atoms. The maximum Gasteiger partial charge on any atom is 0.401 e. The number of likely N-dealkylation sites (tertiary alicyclic amines) is 1. The van der Waals surface area contributed by atoms with Crippen molar-refractivity contribution in [1.82, 2.24) is 15.5 Å². The number of alkyl halides is 3. The van der Waals surface area contributed by atoms with E-state index in [9.17, 15) is 22.8 Å². The van der Waals surface area contributed by atoms with Gasteiger partial charge in [0.05, 0.1) is 13.1 Å². The van der Waals surface area contributed by atoms with Gasteiger partial charge in [-0.15, -0.1) is 0 Å². The zero-order valence-electron chi connectivity index (χ0n) is 11.7. The molecule has 1 heterocycles. The van der Waals surface area contributed by atoms with Gasteiger partial charge >= 0.3 is 6.18 Å². The van der Waals surface area contributed by atoms with E-state index in [-0.39, 0.29) is 24.4 Å². The van der Waals surface area contributed by atoms with E-state index in [0.717, 1.165) is 12.8 Å². The molecule has 1 aliphatic heterocycles. The van der Waals surface area contributed by atoms with Gasteiger partial charge in [0.1, 0.15) is 0 Å². The zero-order valence-corrected chi connectivity index (χ0v) is 11.7. The standard InChI is InChI=1S/C13H20F3N3O2/c14-13(15,16)8-17-7-11(20)18-10-3-5-19(6-4-10)12(21)9-1-2-9/h9-10,17H,1-8H2,(H,18,20). The van der Waals surface area contributed by atoms with E-state index in [1.165, 1.54) is 0 Å². The Kier molecular flexibility index (Phi) is 5.08. The number of halogens is 3. The molecule has 0 unspecified atom stereocenters. The van der Waals surface area contributed by atoms with Crippen LogP contribution in [0.1, 0.15) is 25.7 Å². The molecule has 1 saturated carbocycles. The molecule has 2 fully saturated rings. The van der Waals surface area contributed by atoms with E-state index in [4.69, 9.17) is 0 Å². The number of carbonyl (C=O) groups excluding carboxylic acids is 2. The van der Waals surface area contributed by atoms with Gasteiger partial charge in [-0.3, -0.25) is 9.59 Å². The van der Waals surface area contributed by atoms with Gasteiger partial charge in [0.2, 0.25) is 11.8 Å². The van der Waals surface area contributed by atoms with Crippen LogP contribution in [0.5, 0.6) is 0 Å². The first-order chi connectivity index (χ1) is 9.85. The number of carbonyl (C=O) groups is 2. The molecule has 1 saturated heterocycles. The molecular formula is C13H20F3N3O2. The van der Waals surface area contributed by atoms with Crippen LogP contribution in [0.2, 0.25) is 0 Å². The molecule has 0 bridgehead atoms. The molecule has 120 valence electrons. The van der Waals surface area contributed by atoms with Gasteiger partial charge in [0.25, 0.3) is 0 Å². The van der Waals surface area contributed by atoms with E-state index in [1.807, 2.05) is 4.90 Å². The van der Waals surface area contributed by atoms with Crippen molar-refractivity contribution < 1.29 is 22.8 Å². The normalized spacial score (nSPS) is 20.4. The van der Waals surface area contributed by atoms with Gasteiger partial charge < -0.3 is 15.5 Å². The molecule has 8 heteroatoms. The highest BCUT2D eigenvalue weighted by molar-refractivity contribution is 5.81. The second kappa shape index (κ2) is 6.64. The fraction of sp³-hybridized carbons (Fsp3) is 0.846. The van der Waals surface area contributed by atoms with Crippen LogP contribution in [0, 0.1) is 5.92 Å². The van der Waals surface area contributed by atoms with Crippen molar-refractivity contribution in [2.75, 3.05) is 26.2 Å². The first-order valence-corrected chi connectivity index (χ1v) is 7.21. The molecule has 0 aromatic rings. The summed E-state index contributed by atoms with van der Waals surface area (Å²) in [4.78, 5) is 25.2. The van der Waals surface area contributed by atoms with Crippen LogP contribution in [-0.4, -0.2) is 55.1 Å². The number of hydrogen-bond acceptors (Lipinski definition) is 3. The minimum Gasteiger partial charge on any atom is -0.352 e. The van der Waals surface area contributed by atoms with Crippen molar-refractivity contribution in [1.29, 1.82) is 0 Å². The molecule has 2 amide bonds. The van der Waals surface area contributed by atoms with E-state index < -0.39 is 18.6 Å². The summed E-state index contributed by atoms with van der Waals surface area (Å²) in [6.07, 6.45) is -1.05. The van der Waals surface area contributed by atoms with Gasteiger partial charge in [-0.25, -0.2) is 0 Å². The van der Waals surface area contributed by atoms with Gasteiger partial charge in [-0.2, -0.15) is 13.2 Å². The highest BCUT2D eigenvalue weighted by Crippen LogP contribution is 2.31. The summed E-state index contributed by atoms with van der Waals surface area (Å²) in [5.41, 5.74) is 0. The van der Waals surface area contributed by atoms with Crippen LogP contribution in [0.4, 0.5) is 13.2 Å². The highest BCUT2D eigenvalue weighted by atomic mass is 19.4. The van der Waals surface area contributed by atoms with E-state index in [1.54, 1.807) is 0 Å². The molecular weight excluding hydrogens is 287 g/mol. The molecule has 5 nitrogen and oxygen atoms in total. The third-order valence-electron chi connectivity index (χ3n) is 3.71. The first kappa shape index (κ1) is 16.1. The van der Waals surface area contributed by atoms with Crippen LogP contribution in [-0.2, 0) is 9.59 Å². The highest BCUT2D eigenvalue weighted by Gasteiger charge is 2.35. The molecule has 0 aromatic heterocycles. The Labute approximate surface area is 121 Å². The minimum absolute atomic E-state index is 0.0616. The lowest BCUT2D eigenvalue weighted by molar-refractivity contribution is -0.133. The predicted molar refractivity (Wildman–Crippen MR) is 69.4 cm³/mol. The third-order valence-corrected chi connectivity index (χ3v) is 3.71. The van der Waals surface area contributed by atoms with Crippen molar-refractivity contribution in [3.63, 3.8) is 0 Å². The van der Waals surface area contributed by atoms with Crippen molar-refractivity contribution in [2.24, 2.45) is 5.92 Å². The number of piperidine rings is 1. The summed E-state index contributed by atoms with van der Waals surface area (Å²) in [5, 5.41) is 4.77. The molecule has 2 aliphatic rings. The summed E-state index contributed by atoms with van der Waals surface area (Å²) >= 11 is 0. The third kappa shape index (κ3) is 5.53. The smallest absolute Gasteiger partial charge is 0.352 e. The maximum absolute atomic E-state index is 11.9. The Bertz CT molecular complexity index is 389. The molecule has 21 heavy (non-hydrogen) atoms. The minimum atomic E-state index is -4.31. The fourth-order valence-corrected chi connectivity index (χ4v) is 2.43. The number of nitrogens with one attached hydrogen (secondary N) is 2. The monoisotopic (exact) mass is 307 g/mol. The lowest BCUT2D eigenvalue weighted by Gasteiger charge is -2.32. The SMILES string of the molecule is O=C(CNCC(F)(F)F)NC1CCN(C(=O)C2CC2)CC1. The predicted octanol–water partition coefficient (Wildman–Crippen LogP) is 0.655. The molecule has 2 rings (SSSR count). The van der Waals surface area contributed by atoms with Crippen molar-refractivity contribution in [3.05, 3.63) is 0 Å². The van der Waals surface area contributed by atoms with Gasteiger partial charge in [0.15, 0.2) is 0 Å². The summed E-state index contributed by atoms with van der Waals surface area (Å²) in [6.45, 7) is -0.304. The Hall–Kier alpha value is -1.31. The molecule has 0 atom stereocenters. The van der Waals surface area contributed by atoms with E-state index in [2.05, 4.69) is 10.6 Å². The molecule has 1 aliphatic carbocycles. The summed E-state index contributed by atoms with van der Waals surface area (Å²) in [6, 6.07) is -0.0616. The van der Waals surface area contributed by atoms with Crippen molar-refractivity contribution in [2.45, 2.75) is 37.9 Å². The summed E-state index contributed by atoms with van der Waals surface area (Å²) in [5.74, 6) is -0.0412. The number of hydrogen-bond donors (Lipinski definition) is 2. The van der Waals surface area contributed by atoms with Crippen molar-refractivity contribution >= 4 is 11.8 Å². The lowest BCUT2D eigenvalue weighted by Crippen LogP contribution is -2.49. The lowest BCUT2D eigenvalue weighted by atomic mass is 10.0. The van der Waals surface area contributed by atoms with Crippen LogP contribution in [0.25, 0.3) is 0 Å². The Morgan fingerprint density at radius 1 is 1.10 bits per heavy atom. The van der Waals surface area contributed by atoms with Crippen LogP contribution in [0.15, 0.2) is 0 Å². The molecule has 0 radical (unpaired) electrons. The molecule has 0 aromatic carbocycles. The van der Waals surface area contributed by atoms with E-state index in [0.29, 0.717) is 25.9 Å². The number of nitrogens with zero attached hydrogens (tertiary/aromatic N) is 1. The quantitative estimate of drug-likeness (QED) is 0.784. The largest absolute Gasteiger partial charge is 0.401 e. The Morgan fingerprint density at radius 3 is 2.24 bits per heavy atom. The average molecular weight is 307 g/mol. The summed E-state index contributed by atoms with van der Waals surface area (Å²) in [7, 11) is 0. The van der Waals surface area contributed by atoms with Crippen LogP contribution < -0.4 is 10.6 Å². The number of rotatable bonds is 5. The fourth-order valence-electron chi connectivity index (χ4n) is 2.43. The van der Waals surface area contributed by atoms with Gasteiger partial charge in [-0.1, -0.05) is 0 Å². The maximum atomic E-state index is 11.9. The average Bonchev–Trinajstić information content (AvgIpc) is 3.21.